The number of hydrogen-bond acceptors (Lipinski definition) is 5. The van der Waals surface area contributed by atoms with Gasteiger partial charge in [0.05, 0.1) is 7.11 Å². The Hall–Kier alpha value is -1.82. The lowest BCUT2D eigenvalue weighted by Gasteiger charge is -2.27. The van der Waals surface area contributed by atoms with Crippen molar-refractivity contribution >= 4 is 23.5 Å². The van der Waals surface area contributed by atoms with Crippen LogP contribution in [-0.2, 0) is 14.3 Å². The Labute approximate surface area is 132 Å². The second kappa shape index (κ2) is 7.45. The van der Waals surface area contributed by atoms with Crippen LogP contribution < -0.4 is 0 Å². The molecule has 0 bridgehead atoms. The Kier molecular flexibility index (Phi) is 5.60. The minimum absolute atomic E-state index is 0.186. The first-order chi connectivity index (χ1) is 10.5. The van der Waals surface area contributed by atoms with Crippen LogP contribution in [0.3, 0.4) is 0 Å². The topological polar surface area (TPSA) is 63.6 Å². The fourth-order valence-corrected chi connectivity index (χ4v) is 3.48. The van der Waals surface area contributed by atoms with Gasteiger partial charge >= 0.3 is 5.97 Å². The minimum atomic E-state index is -0.781. The van der Waals surface area contributed by atoms with Crippen LogP contribution in [-0.4, -0.2) is 29.7 Å². The Morgan fingerprint density at radius 2 is 2.09 bits per heavy atom. The lowest BCUT2D eigenvalue weighted by atomic mass is 9.80. The van der Waals surface area contributed by atoms with Crippen LogP contribution in [0.4, 0.5) is 4.39 Å². The molecule has 2 atom stereocenters. The lowest BCUT2D eigenvalue weighted by molar-refractivity contribution is -0.147. The van der Waals surface area contributed by atoms with Crippen molar-refractivity contribution in [2.24, 2.45) is 11.8 Å². The number of carbonyl (C=O) groups excluding carboxylic acids is 2. The van der Waals surface area contributed by atoms with Crippen molar-refractivity contribution in [3.63, 3.8) is 0 Å². The summed E-state index contributed by atoms with van der Waals surface area (Å²) in [7, 11) is 1.26. The van der Waals surface area contributed by atoms with Crippen LogP contribution >= 0.6 is 11.8 Å². The molecule has 0 radical (unpaired) electrons. The van der Waals surface area contributed by atoms with E-state index in [1.165, 1.54) is 31.0 Å². The van der Waals surface area contributed by atoms with E-state index in [4.69, 9.17) is 4.74 Å². The molecule has 2 unspecified atom stereocenters. The van der Waals surface area contributed by atoms with E-state index in [1.54, 1.807) is 12.1 Å². The van der Waals surface area contributed by atoms with Gasteiger partial charge in [0, 0.05) is 17.4 Å². The Bertz CT molecular complexity index is 582. The highest BCUT2D eigenvalue weighted by Gasteiger charge is 2.37. The quantitative estimate of drug-likeness (QED) is 0.666. The number of thioether (sulfide) groups is 1. The summed E-state index contributed by atoms with van der Waals surface area (Å²) in [6.07, 6.45) is 1.89. The highest BCUT2D eigenvalue weighted by Crippen LogP contribution is 2.33. The molecule has 0 aliphatic heterocycles. The summed E-state index contributed by atoms with van der Waals surface area (Å²) in [5.41, 5.74) is 0. The van der Waals surface area contributed by atoms with E-state index in [2.05, 4.69) is 0 Å². The third-order valence-electron chi connectivity index (χ3n) is 3.59. The fourth-order valence-electron chi connectivity index (χ4n) is 2.50. The van der Waals surface area contributed by atoms with Gasteiger partial charge in [0.25, 0.3) is 0 Å². The smallest absolute Gasteiger partial charge is 0.316 e. The predicted molar refractivity (Wildman–Crippen MR) is 81.1 cm³/mol. The van der Waals surface area contributed by atoms with Crippen molar-refractivity contribution in [2.45, 2.75) is 17.7 Å². The number of carbonyl (C=O) groups is 2. The Morgan fingerprint density at radius 1 is 1.41 bits per heavy atom. The van der Waals surface area contributed by atoms with Crippen molar-refractivity contribution in [1.82, 2.24) is 0 Å². The highest BCUT2D eigenvalue weighted by molar-refractivity contribution is 7.99. The Morgan fingerprint density at radius 3 is 2.73 bits per heavy atom. The van der Waals surface area contributed by atoms with Gasteiger partial charge < -0.3 is 9.84 Å². The van der Waals surface area contributed by atoms with Crippen molar-refractivity contribution < 1.29 is 23.8 Å². The van der Waals surface area contributed by atoms with Gasteiger partial charge in [-0.15, -0.1) is 11.8 Å². The molecule has 118 valence electrons. The maximum absolute atomic E-state index is 12.8. The minimum Gasteiger partial charge on any atom is -0.511 e. The molecule has 0 amide bonds. The number of ketones is 1. The van der Waals surface area contributed by atoms with Gasteiger partial charge in [-0.05, 0) is 42.4 Å². The van der Waals surface area contributed by atoms with Gasteiger partial charge in [0.15, 0.2) is 5.78 Å². The largest absolute Gasteiger partial charge is 0.511 e. The van der Waals surface area contributed by atoms with Crippen molar-refractivity contribution in [3.8, 4) is 0 Å². The molecule has 0 saturated carbocycles. The Balaban J connectivity index is 1.97. The zero-order valence-corrected chi connectivity index (χ0v) is 12.9. The lowest BCUT2D eigenvalue weighted by Crippen LogP contribution is -2.32. The van der Waals surface area contributed by atoms with Crippen LogP contribution in [0.1, 0.15) is 12.8 Å². The zero-order valence-electron chi connectivity index (χ0n) is 12.1. The summed E-state index contributed by atoms with van der Waals surface area (Å²) in [5, 5.41) is 9.85. The molecule has 0 saturated heterocycles. The first-order valence-electron chi connectivity index (χ1n) is 6.91. The van der Waals surface area contributed by atoms with Gasteiger partial charge in [0.2, 0.25) is 0 Å². The van der Waals surface area contributed by atoms with Crippen LogP contribution in [0, 0.1) is 17.7 Å². The molecule has 6 heteroatoms. The normalized spacial score (nSPS) is 21.4. The summed E-state index contributed by atoms with van der Waals surface area (Å²) in [6, 6.07) is 6.14. The average molecular weight is 324 g/mol. The molecular formula is C16H17FO4S. The first-order valence-corrected chi connectivity index (χ1v) is 7.89. The van der Waals surface area contributed by atoms with Crippen LogP contribution in [0.5, 0.6) is 0 Å². The monoisotopic (exact) mass is 324 g/mol. The van der Waals surface area contributed by atoms with Crippen LogP contribution in [0.25, 0.3) is 0 Å². The summed E-state index contributed by atoms with van der Waals surface area (Å²) in [5.74, 6) is -1.63. The van der Waals surface area contributed by atoms with E-state index in [1.807, 2.05) is 0 Å². The second-order valence-electron chi connectivity index (χ2n) is 5.09. The van der Waals surface area contributed by atoms with Gasteiger partial charge in [0.1, 0.15) is 17.5 Å². The fraction of sp³-hybridized carbons (Fsp3) is 0.375. The van der Waals surface area contributed by atoms with Gasteiger partial charge in [-0.2, -0.15) is 0 Å². The SMILES string of the molecule is COC(=O)C1C(O)=CC(=O)CC1CCSc1ccc(F)cc1. The molecule has 0 fully saturated rings. The summed E-state index contributed by atoms with van der Waals surface area (Å²) < 4.78 is 17.5. The molecule has 1 N–H and O–H groups in total. The molecule has 1 aromatic carbocycles. The number of allylic oxidation sites excluding steroid dienone is 1. The molecule has 4 nitrogen and oxygen atoms in total. The third-order valence-corrected chi connectivity index (χ3v) is 4.63. The van der Waals surface area contributed by atoms with Gasteiger partial charge in [-0.3, -0.25) is 9.59 Å². The molecule has 22 heavy (non-hydrogen) atoms. The van der Waals surface area contributed by atoms with E-state index >= 15 is 0 Å². The molecule has 0 heterocycles. The number of ether oxygens (including phenoxy) is 1. The third kappa shape index (κ3) is 4.10. The molecule has 0 aromatic heterocycles. The first kappa shape index (κ1) is 16.5. The molecule has 2 rings (SSSR count). The second-order valence-corrected chi connectivity index (χ2v) is 6.26. The molecule has 1 aromatic rings. The maximum Gasteiger partial charge on any atom is 0.316 e. The number of hydrogen-bond donors (Lipinski definition) is 1. The highest BCUT2D eigenvalue weighted by atomic mass is 32.2. The van der Waals surface area contributed by atoms with Crippen molar-refractivity contribution in [3.05, 3.63) is 41.9 Å². The average Bonchev–Trinajstić information content (AvgIpc) is 2.48. The number of aliphatic hydroxyl groups is 1. The number of rotatable bonds is 5. The standard InChI is InChI=1S/C16H17FO4S/c1-21-16(20)15-10(8-12(18)9-14(15)19)6-7-22-13-4-2-11(17)3-5-13/h2-5,9-10,15,19H,6-8H2,1H3. The van der Waals surface area contributed by atoms with Crippen LogP contribution in [0.2, 0.25) is 0 Å². The summed E-state index contributed by atoms with van der Waals surface area (Å²) in [4.78, 5) is 24.3. The number of benzene rings is 1. The van der Waals surface area contributed by atoms with Gasteiger partial charge in [-0.1, -0.05) is 0 Å². The zero-order chi connectivity index (χ0) is 16.1. The number of esters is 1. The molecule has 1 aliphatic rings. The molecule has 0 spiro atoms. The maximum atomic E-state index is 12.8. The number of methoxy groups -OCH3 is 1. The van der Waals surface area contributed by atoms with E-state index in [9.17, 15) is 19.1 Å². The number of aliphatic hydroxyl groups excluding tert-OH is 1. The molecular weight excluding hydrogens is 307 g/mol. The number of halogens is 1. The molecule has 1 aliphatic carbocycles. The van der Waals surface area contributed by atoms with E-state index in [0.717, 1.165) is 11.0 Å². The van der Waals surface area contributed by atoms with Crippen LogP contribution in [0.15, 0.2) is 41.0 Å². The van der Waals surface area contributed by atoms with E-state index in [0.29, 0.717) is 12.2 Å². The van der Waals surface area contributed by atoms with Crippen molar-refractivity contribution in [1.29, 1.82) is 0 Å². The van der Waals surface area contributed by atoms with E-state index in [-0.39, 0.29) is 29.7 Å². The summed E-state index contributed by atoms with van der Waals surface area (Å²) in [6.45, 7) is 0. The predicted octanol–water partition coefficient (Wildman–Crippen LogP) is 3.13. The van der Waals surface area contributed by atoms with Crippen molar-refractivity contribution in [2.75, 3.05) is 12.9 Å². The summed E-state index contributed by atoms with van der Waals surface area (Å²) >= 11 is 1.52. The van der Waals surface area contributed by atoms with E-state index < -0.39 is 11.9 Å². The van der Waals surface area contributed by atoms with Gasteiger partial charge in [-0.25, -0.2) is 4.39 Å².